The van der Waals surface area contributed by atoms with Gasteiger partial charge in [-0.1, -0.05) is 13.8 Å². The van der Waals surface area contributed by atoms with Crippen molar-refractivity contribution in [3.05, 3.63) is 23.5 Å². The lowest BCUT2D eigenvalue weighted by molar-refractivity contribution is -0.139. The number of aryl methyl sites for hydroxylation is 1. The van der Waals surface area contributed by atoms with Crippen molar-refractivity contribution >= 4 is 11.8 Å². The summed E-state index contributed by atoms with van der Waals surface area (Å²) in [7, 11) is 0. The molecule has 1 unspecified atom stereocenters. The van der Waals surface area contributed by atoms with Crippen LogP contribution >= 0.6 is 0 Å². The van der Waals surface area contributed by atoms with E-state index in [1.54, 1.807) is 0 Å². The smallest absolute Gasteiger partial charge is 0.255 e. The summed E-state index contributed by atoms with van der Waals surface area (Å²) in [6.45, 7) is 9.61. The van der Waals surface area contributed by atoms with Crippen molar-refractivity contribution in [2.75, 3.05) is 26.2 Å². The van der Waals surface area contributed by atoms with Gasteiger partial charge in [-0.05, 0) is 44.6 Å². The minimum absolute atomic E-state index is 0.0863. The lowest BCUT2D eigenvalue weighted by atomic mass is 9.73. The van der Waals surface area contributed by atoms with Gasteiger partial charge in [-0.15, -0.1) is 0 Å². The van der Waals surface area contributed by atoms with E-state index < -0.39 is 0 Å². The topological polar surface area (TPSA) is 56.4 Å². The van der Waals surface area contributed by atoms with Crippen LogP contribution in [0.4, 0.5) is 0 Å². The molecule has 0 radical (unpaired) electrons. The molecule has 2 saturated heterocycles. The van der Waals surface area contributed by atoms with E-state index in [0.717, 1.165) is 63.1 Å². The number of hydrogen-bond acceptors (Lipinski definition) is 2. The van der Waals surface area contributed by atoms with Crippen LogP contribution in [0.3, 0.4) is 0 Å². The molecule has 0 bridgehead atoms. The first-order valence-corrected chi connectivity index (χ1v) is 9.61. The number of hydrogen-bond donors (Lipinski definition) is 1. The fraction of sp³-hybridized carbons (Fsp3) is 0.700. The molecule has 1 N–H and O–H groups in total. The molecule has 0 aliphatic carbocycles. The lowest BCUT2D eigenvalue weighted by Gasteiger charge is -2.48. The van der Waals surface area contributed by atoms with Crippen LogP contribution in [0.1, 0.15) is 62.0 Å². The van der Waals surface area contributed by atoms with Crippen LogP contribution in [0.5, 0.6) is 0 Å². The Kier molecular flexibility index (Phi) is 5.21. The molecule has 25 heavy (non-hydrogen) atoms. The highest BCUT2D eigenvalue weighted by atomic mass is 16.2. The standard InChI is InChI=1S/C20H31N3O2/c1-15(2)7-12-22-13-20(9-5-18(22)24)8-4-11-23(14-20)19(25)17-6-10-21-16(17)3/h6,10,15,21H,4-5,7-9,11-14H2,1-3H3. The zero-order valence-electron chi connectivity index (χ0n) is 15.8. The second-order valence-electron chi connectivity index (χ2n) is 8.34. The summed E-state index contributed by atoms with van der Waals surface area (Å²) in [5.74, 6) is 1.02. The summed E-state index contributed by atoms with van der Waals surface area (Å²) >= 11 is 0. The van der Waals surface area contributed by atoms with Gasteiger partial charge in [0.15, 0.2) is 0 Å². The first-order chi connectivity index (χ1) is 11.9. The first-order valence-electron chi connectivity index (χ1n) is 9.61. The van der Waals surface area contributed by atoms with Crippen molar-refractivity contribution in [2.24, 2.45) is 11.3 Å². The van der Waals surface area contributed by atoms with E-state index in [0.29, 0.717) is 12.3 Å². The molecule has 3 rings (SSSR count). The zero-order chi connectivity index (χ0) is 18.0. The Balaban J connectivity index is 1.70. The number of nitrogens with one attached hydrogen (secondary N) is 1. The van der Waals surface area contributed by atoms with Gasteiger partial charge in [0.1, 0.15) is 0 Å². The van der Waals surface area contributed by atoms with Gasteiger partial charge >= 0.3 is 0 Å². The number of carbonyl (C=O) groups is 2. The quantitative estimate of drug-likeness (QED) is 0.911. The number of aromatic nitrogens is 1. The highest BCUT2D eigenvalue weighted by Gasteiger charge is 2.42. The molecule has 2 amide bonds. The third kappa shape index (κ3) is 3.91. The van der Waals surface area contributed by atoms with Crippen molar-refractivity contribution < 1.29 is 9.59 Å². The van der Waals surface area contributed by atoms with E-state index in [2.05, 4.69) is 23.7 Å². The second kappa shape index (κ2) is 7.22. The Labute approximate surface area is 150 Å². The molecule has 138 valence electrons. The normalized spacial score (nSPS) is 24.4. The summed E-state index contributed by atoms with van der Waals surface area (Å²) in [4.78, 5) is 32.4. The third-order valence-corrected chi connectivity index (χ3v) is 5.86. The Morgan fingerprint density at radius 1 is 1.32 bits per heavy atom. The van der Waals surface area contributed by atoms with Gasteiger partial charge in [-0.25, -0.2) is 0 Å². The van der Waals surface area contributed by atoms with E-state index in [1.165, 1.54) is 0 Å². The molecule has 2 fully saturated rings. The fourth-order valence-corrected chi connectivity index (χ4v) is 4.29. The number of piperidine rings is 2. The highest BCUT2D eigenvalue weighted by molar-refractivity contribution is 5.95. The monoisotopic (exact) mass is 345 g/mol. The fourth-order valence-electron chi connectivity index (χ4n) is 4.29. The maximum absolute atomic E-state index is 12.9. The second-order valence-corrected chi connectivity index (χ2v) is 8.34. The van der Waals surface area contributed by atoms with Crippen LogP contribution in [0.15, 0.2) is 12.3 Å². The van der Waals surface area contributed by atoms with Crippen LogP contribution < -0.4 is 0 Å². The maximum atomic E-state index is 12.9. The van der Waals surface area contributed by atoms with E-state index in [9.17, 15) is 9.59 Å². The predicted octanol–water partition coefficient (Wildman–Crippen LogP) is 3.21. The Morgan fingerprint density at radius 2 is 2.12 bits per heavy atom. The minimum atomic E-state index is 0.0863. The Hall–Kier alpha value is -1.78. The molecule has 5 heteroatoms. The van der Waals surface area contributed by atoms with E-state index in [4.69, 9.17) is 0 Å². The summed E-state index contributed by atoms with van der Waals surface area (Å²) in [6.07, 6.45) is 6.57. The van der Waals surface area contributed by atoms with Crippen molar-refractivity contribution in [1.82, 2.24) is 14.8 Å². The van der Waals surface area contributed by atoms with Crippen molar-refractivity contribution in [2.45, 2.75) is 52.9 Å². The summed E-state index contributed by atoms with van der Waals surface area (Å²) in [5.41, 5.74) is 1.80. The number of rotatable bonds is 4. The zero-order valence-corrected chi connectivity index (χ0v) is 15.8. The molecule has 0 saturated carbocycles. The average Bonchev–Trinajstić information content (AvgIpc) is 3.01. The SMILES string of the molecule is Cc1[nH]ccc1C(=O)N1CCCC2(CCC(=O)N(CCC(C)C)C2)C1. The number of amides is 2. The summed E-state index contributed by atoms with van der Waals surface area (Å²) in [6, 6.07) is 1.87. The number of nitrogens with zero attached hydrogens (tertiary/aromatic N) is 2. The van der Waals surface area contributed by atoms with Gasteiger partial charge in [0.2, 0.25) is 5.91 Å². The molecule has 3 heterocycles. The number of carbonyl (C=O) groups excluding carboxylic acids is 2. The molecular formula is C20H31N3O2. The van der Waals surface area contributed by atoms with E-state index >= 15 is 0 Å². The molecule has 0 aromatic carbocycles. The van der Waals surface area contributed by atoms with E-state index in [1.807, 2.05) is 24.1 Å². The molecule has 5 nitrogen and oxygen atoms in total. The molecular weight excluding hydrogens is 314 g/mol. The van der Waals surface area contributed by atoms with Crippen molar-refractivity contribution in [3.8, 4) is 0 Å². The highest BCUT2D eigenvalue weighted by Crippen LogP contribution is 2.39. The Morgan fingerprint density at radius 3 is 2.80 bits per heavy atom. The number of aromatic amines is 1. The molecule has 1 aromatic heterocycles. The molecule has 2 aliphatic rings. The first kappa shape index (κ1) is 18.0. The molecule has 1 atom stereocenters. The van der Waals surface area contributed by atoms with Gasteiger partial charge in [-0.3, -0.25) is 9.59 Å². The van der Waals surface area contributed by atoms with Gasteiger partial charge in [0.25, 0.3) is 5.91 Å². The van der Waals surface area contributed by atoms with Crippen LogP contribution in [0.2, 0.25) is 0 Å². The Bertz CT molecular complexity index is 637. The largest absolute Gasteiger partial charge is 0.365 e. The molecule has 2 aliphatic heterocycles. The van der Waals surface area contributed by atoms with Crippen LogP contribution in [-0.2, 0) is 4.79 Å². The van der Waals surface area contributed by atoms with E-state index in [-0.39, 0.29) is 17.2 Å². The average molecular weight is 345 g/mol. The van der Waals surface area contributed by atoms with Gasteiger partial charge in [-0.2, -0.15) is 0 Å². The minimum Gasteiger partial charge on any atom is -0.365 e. The molecule has 1 spiro atoms. The van der Waals surface area contributed by atoms with Crippen LogP contribution in [0, 0.1) is 18.3 Å². The van der Waals surface area contributed by atoms with Crippen LogP contribution in [-0.4, -0.2) is 52.8 Å². The number of likely N-dealkylation sites (tertiary alicyclic amines) is 2. The molecule has 1 aromatic rings. The summed E-state index contributed by atoms with van der Waals surface area (Å²) < 4.78 is 0. The summed E-state index contributed by atoms with van der Waals surface area (Å²) in [5, 5.41) is 0. The third-order valence-electron chi connectivity index (χ3n) is 5.86. The predicted molar refractivity (Wildman–Crippen MR) is 98.4 cm³/mol. The van der Waals surface area contributed by atoms with Gasteiger partial charge in [0, 0.05) is 49.9 Å². The van der Waals surface area contributed by atoms with Crippen LogP contribution in [0.25, 0.3) is 0 Å². The van der Waals surface area contributed by atoms with Gasteiger partial charge < -0.3 is 14.8 Å². The van der Waals surface area contributed by atoms with Crippen molar-refractivity contribution in [3.63, 3.8) is 0 Å². The maximum Gasteiger partial charge on any atom is 0.255 e. The van der Waals surface area contributed by atoms with Crippen molar-refractivity contribution in [1.29, 1.82) is 0 Å². The van der Waals surface area contributed by atoms with Gasteiger partial charge in [0.05, 0.1) is 5.56 Å². The number of H-pyrrole nitrogens is 1. The lowest BCUT2D eigenvalue weighted by Crippen LogP contribution is -2.55.